The fraction of sp³-hybridized carbons (Fsp3) is 0.133. The fourth-order valence-corrected chi connectivity index (χ4v) is 1.74. The van der Waals surface area contributed by atoms with Crippen molar-refractivity contribution in [2.45, 2.75) is 6.61 Å². The molecule has 0 aliphatic carbocycles. The van der Waals surface area contributed by atoms with Crippen molar-refractivity contribution in [2.75, 3.05) is 7.11 Å². The van der Waals surface area contributed by atoms with Crippen LogP contribution in [0.4, 0.5) is 5.69 Å². The molecule has 2 aromatic rings. The Morgan fingerprint density at radius 3 is 2.52 bits per heavy atom. The van der Waals surface area contributed by atoms with Crippen molar-refractivity contribution in [1.82, 2.24) is 0 Å². The summed E-state index contributed by atoms with van der Waals surface area (Å²) in [6.07, 6.45) is 0. The van der Waals surface area contributed by atoms with Crippen LogP contribution in [0.15, 0.2) is 42.5 Å². The number of nitrogens with zero attached hydrogens (tertiary/aromatic N) is 2. The van der Waals surface area contributed by atoms with Gasteiger partial charge < -0.3 is 9.47 Å². The Labute approximate surface area is 121 Å². The molecule has 0 amide bonds. The highest BCUT2D eigenvalue weighted by atomic mass is 16.6. The van der Waals surface area contributed by atoms with Gasteiger partial charge in [0, 0.05) is 0 Å². The van der Waals surface area contributed by atoms with Gasteiger partial charge in [0.05, 0.1) is 29.7 Å². The van der Waals surface area contributed by atoms with Crippen LogP contribution in [0, 0.1) is 21.4 Å². The minimum atomic E-state index is -0.520. The van der Waals surface area contributed by atoms with Crippen LogP contribution < -0.4 is 9.47 Å². The maximum Gasteiger partial charge on any atom is 0.314 e. The lowest BCUT2D eigenvalue weighted by atomic mass is 10.1. The molecular formula is C15H12N2O4. The van der Waals surface area contributed by atoms with E-state index in [9.17, 15) is 10.1 Å². The van der Waals surface area contributed by atoms with E-state index in [1.54, 1.807) is 30.3 Å². The van der Waals surface area contributed by atoms with Gasteiger partial charge in [-0.05, 0) is 29.8 Å². The SMILES string of the molecule is COc1ccc(OCc2ccc(C#N)cc2)cc1[N+](=O)[O-]. The fourth-order valence-electron chi connectivity index (χ4n) is 1.74. The van der Waals surface area contributed by atoms with Gasteiger partial charge in [-0.2, -0.15) is 5.26 Å². The zero-order valence-corrected chi connectivity index (χ0v) is 11.3. The number of rotatable bonds is 5. The number of benzene rings is 2. The van der Waals surface area contributed by atoms with E-state index in [2.05, 4.69) is 0 Å². The molecule has 0 spiro atoms. The van der Waals surface area contributed by atoms with Crippen molar-refractivity contribution >= 4 is 5.69 Å². The van der Waals surface area contributed by atoms with Crippen molar-refractivity contribution in [3.8, 4) is 17.6 Å². The van der Waals surface area contributed by atoms with E-state index in [0.717, 1.165) is 5.56 Å². The molecule has 6 nitrogen and oxygen atoms in total. The highest BCUT2D eigenvalue weighted by molar-refractivity contribution is 5.50. The van der Waals surface area contributed by atoms with Gasteiger partial charge in [-0.25, -0.2) is 0 Å². The molecule has 0 aliphatic rings. The molecule has 6 heteroatoms. The molecule has 0 unspecified atom stereocenters. The lowest BCUT2D eigenvalue weighted by Crippen LogP contribution is -1.98. The summed E-state index contributed by atoms with van der Waals surface area (Å²) in [5, 5.41) is 19.6. The molecule has 2 aromatic carbocycles. The Bertz CT molecular complexity index is 690. The number of nitriles is 1. The molecule has 0 fully saturated rings. The Morgan fingerprint density at radius 2 is 1.95 bits per heavy atom. The first-order chi connectivity index (χ1) is 10.1. The predicted octanol–water partition coefficient (Wildman–Crippen LogP) is 3.05. The molecule has 106 valence electrons. The van der Waals surface area contributed by atoms with E-state index in [0.29, 0.717) is 11.3 Å². The summed E-state index contributed by atoms with van der Waals surface area (Å²) < 4.78 is 10.4. The van der Waals surface area contributed by atoms with Crippen LogP contribution >= 0.6 is 0 Å². The highest BCUT2D eigenvalue weighted by Gasteiger charge is 2.15. The van der Waals surface area contributed by atoms with Crippen molar-refractivity contribution in [2.24, 2.45) is 0 Å². The van der Waals surface area contributed by atoms with Crippen LogP contribution in [0.1, 0.15) is 11.1 Å². The van der Waals surface area contributed by atoms with E-state index >= 15 is 0 Å². The summed E-state index contributed by atoms with van der Waals surface area (Å²) in [4.78, 5) is 10.4. The van der Waals surface area contributed by atoms with Gasteiger partial charge in [0.1, 0.15) is 12.4 Å². The van der Waals surface area contributed by atoms with E-state index in [-0.39, 0.29) is 18.0 Å². The van der Waals surface area contributed by atoms with Gasteiger partial charge in [-0.15, -0.1) is 0 Å². The maximum absolute atomic E-state index is 10.9. The monoisotopic (exact) mass is 284 g/mol. The van der Waals surface area contributed by atoms with Crippen LogP contribution in [0.3, 0.4) is 0 Å². The number of ether oxygens (including phenoxy) is 2. The lowest BCUT2D eigenvalue weighted by molar-refractivity contribution is -0.385. The molecule has 0 aliphatic heterocycles. The molecule has 0 aromatic heterocycles. The van der Waals surface area contributed by atoms with E-state index in [4.69, 9.17) is 14.7 Å². The molecule has 0 radical (unpaired) electrons. The topological polar surface area (TPSA) is 85.4 Å². The molecule has 0 saturated carbocycles. The largest absolute Gasteiger partial charge is 0.490 e. The first-order valence-electron chi connectivity index (χ1n) is 6.08. The minimum Gasteiger partial charge on any atom is -0.490 e. The van der Waals surface area contributed by atoms with Crippen molar-refractivity contribution in [3.63, 3.8) is 0 Å². The summed E-state index contributed by atoms with van der Waals surface area (Å²) in [5.41, 5.74) is 1.29. The molecule has 0 saturated heterocycles. The van der Waals surface area contributed by atoms with Crippen molar-refractivity contribution in [1.29, 1.82) is 5.26 Å². The van der Waals surface area contributed by atoms with Gasteiger partial charge in [0.15, 0.2) is 5.75 Å². The van der Waals surface area contributed by atoms with Crippen LogP contribution in [0.2, 0.25) is 0 Å². The summed E-state index contributed by atoms with van der Waals surface area (Å²) in [7, 11) is 1.37. The zero-order valence-electron chi connectivity index (χ0n) is 11.3. The third kappa shape index (κ3) is 3.48. The normalized spacial score (nSPS) is 9.71. The molecule has 2 rings (SSSR count). The van der Waals surface area contributed by atoms with Crippen molar-refractivity contribution in [3.05, 3.63) is 63.7 Å². The van der Waals surface area contributed by atoms with Crippen LogP contribution in [-0.2, 0) is 6.61 Å². The van der Waals surface area contributed by atoms with Crippen LogP contribution in [0.5, 0.6) is 11.5 Å². The molecule has 0 atom stereocenters. The first-order valence-corrected chi connectivity index (χ1v) is 6.08. The summed E-state index contributed by atoms with van der Waals surface area (Å²) in [6.45, 7) is 0.259. The van der Waals surface area contributed by atoms with Crippen molar-refractivity contribution < 1.29 is 14.4 Å². The smallest absolute Gasteiger partial charge is 0.314 e. The minimum absolute atomic E-state index is 0.144. The average Bonchev–Trinajstić information content (AvgIpc) is 2.53. The number of hydrogen-bond acceptors (Lipinski definition) is 5. The molecule has 0 N–H and O–H groups in total. The zero-order chi connectivity index (χ0) is 15.2. The second-order valence-corrected chi connectivity index (χ2v) is 4.19. The number of hydrogen-bond donors (Lipinski definition) is 0. The van der Waals surface area contributed by atoms with Gasteiger partial charge in [-0.1, -0.05) is 12.1 Å². The quantitative estimate of drug-likeness (QED) is 0.622. The molecular weight excluding hydrogens is 272 g/mol. The summed E-state index contributed by atoms with van der Waals surface area (Å²) in [5.74, 6) is 0.567. The number of nitro groups is 1. The van der Waals surface area contributed by atoms with Crippen LogP contribution in [-0.4, -0.2) is 12.0 Å². The number of nitro benzene ring substituents is 1. The van der Waals surface area contributed by atoms with Gasteiger partial charge in [-0.3, -0.25) is 10.1 Å². The molecule has 0 bridgehead atoms. The summed E-state index contributed by atoms with van der Waals surface area (Å²) in [6, 6.07) is 13.4. The Hall–Kier alpha value is -3.07. The molecule has 0 heterocycles. The van der Waals surface area contributed by atoms with Gasteiger partial charge in [0.25, 0.3) is 0 Å². The second kappa shape index (κ2) is 6.39. The standard InChI is InChI=1S/C15H12N2O4/c1-20-15-7-6-13(8-14(15)17(18)19)21-10-12-4-2-11(9-16)3-5-12/h2-8H,10H2,1H3. The van der Waals surface area contributed by atoms with E-state index < -0.39 is 4.92 Å². The number of methoxy groups -OCH3 is 1. The second-order valence-electron chi connectivity index (χ2n) is 4.19. The average molecular weight is 284 g/mol. The Kier molecular flexibility index (Phi) is 4.36. The van der Waals surface area contributed by atoms with Gasteiger partial charge in [0.2, 0.25) is 0 Å². The first kappa shape index (κ1) is 14.3. The molecule has 21 heavy (non-hydrogen) atoms. The third-order valence-electron chi connectivity index (χ3n) is 2.84. The Balaban J connectivity index is 2.11. The van der Waals surface area contributed by atoms with Crippen LogP contribution in [0.25, 0.3) is 0 Å². The summed E-state index contributed by atoms with van der Waals surface area (Å²) >= 11 is 0. The third-order valence-corrected chi connectivity index (χ3v) is 2.84. The lowest BCUT2D eigenvalue weighted by Gasteiger charge is -2.08. The highest BCUT2D eigenvalue weighted by Crippen LogP contribution is 2.31. The maximum atomic E-state index is 10.9. The van der Waals surface area contributed by atoms with E-state index in [1.165, 1.54) is 19.2 Å². The predicted molar refractivity (Wildman–Crippen MR) is 75.1 cm³/mol. The Morgan fingerprint density at radius 1 is 1.24 bits per heavy atom. The van der Waals surface area contributed by atoms with E-state index in [1.807, 2.05) is 6.07 Å². The van der Waals surface area contributed by atoms with Gasteiger partial charge >= 0.3 is 5.69 Å².